The normalized spacial score (nSPS) is 18.9. The summed E-state index contributed by atoms with van der Waals surface area (Å²) < 4.78 is 5.45. The molecule has 0 aromatic heterocycles. The molecule has 1 N–H and O–H groups in total. The summed E-state index contributed by atoms with van der Waals surface area (Å²) in [6.07, 6.45) is 11.4. The summed E-state index contributed by atoms with van der Waals surface area (Å²) in [7, 11) is 0. The van der Waals surface area contributed by atoms with Crippen LogP contribution in [-0.2, 0) is 33.6 Å². The molecule has 168 valence electrons. The van der Waals surface area contributed by atoms with Crippen LogP contribution in [0.3, 0.4) is 0 Å². The van der Waals surface area contributed by atoms with Crippen molar-refractivity contribution in [3.05, 3.63) is 34.9 Å². The number of carbonyl (C=O) groups excluding carboxylic acids is 1. The first-order valence-electron chi connectivity index (χ1n) is 11.9. The predicted molar refractivity (Wildman–Crippen MR) is 121 cm³/mol. The molecule has 0 spiro atoms. The molecule has 1 aromatic carbocycles. The summed E-state index contributed by atoms with van der Waals surface area (Å²) in [4.78, 5) is 24.9. The zero-order valence-electron chi connectivity index (χ0n) is 19.3. The summed E-state index contributed by atoms with van der Waals surface area (Å²) in [5.41, 5.74) is 2.37. The van der Waals surface area contributed by atoms with Crippen LogP contribution < -0.4 is 0 Å². The van der Waals surface area contributed by atoms with Crippen molar-refractivity contribution in [2.45, 2.75) is 104 Å². The number of benzene rings is 1. The third kappa shape index (κ3) is 6.09. The number of carbonyl (C=O) groups is 2. The van der Waals surface area contributed by atoms with Gasteiger partial charge in [-0.2, -0.15) is 0 Å². The summed E-state index contributed by atoms with van der Waals surface area (Å²) in [6, 6.07) is 6.63. The lowest BCUT2D eigenvalue weighted by molar-refractivity contribution is -0.175. The molecule has 0 amide bonds. The van der Waals surface area contributed by atoms with Crippen LogP contribution in [0.5, 0.6) is 0 Å². The Labute approximate surface area is 182 Å². The maximum atomic E-state index is 12.8. The summed E-state index contributed by atoms with van der Waals surface area (Å²) in [5, 5.41) is 9.91. The second-order valence-corrected chi connectivity index (χ2v) is 9.19. The molecule has 0 radical (unpaired) electrons. The molecule has 2 rings (SSSR count). The number of aliphatic carboxylic acids is 1. The van der Waals surface area contributed by atoms with Crippen LogP contribution in [0.2, 0.25) is 0 Å². The van der Waals surface area contributed by atoms with Gasteiger partial charge in [-0.25, -0.2) is 0 Å². The number of hydrogen-bond acceptors (Lipinski definition) is 3. The molecule has 0 saturated heterocycles. The van der Waals surface area contributed by atoms with Gasteiger partial charge in [-0.15, -0.1) is 0 Å². The molecular weight excluding hydrogens is 376 g/mol. The fourth-order valence-corrected chi connectivity index (χ4v) is 4.38. The molecule has 3 atom stereocenters. The van der Waals surface area contributed by atoms with Crippen LogP contribution in [-0.4, -0.2) is 23.1 Å². The number of hydrogen-bond donors (Lipinski definition) is 1. The molecule has 0 heterocycles. The van der Waals surface area contributed by atoms with Gasteiger partial charge in [-0.3, -0.25) is 9.59 Å². The maximum absolute atomic E-state index is 12.8. The zero-order chi connectivity index (χ0) is 22.1. The van der Waals surface area contributed by atoms with E-state index in [0.29, 0.717) is 19.3 Å². The Morgan fingerprint density at radius 3 is 2.50 bits per heavy atom. The Balaban J connectivity index is 2.01. The first-order chi connectivity index (χ1) is 14.3. The lowest BCUT2D eigenvalue weighted by Crippen LogP contribution is -2.47. The maximum Gasteiger partial charge on any atom is 0.323 e. The highest BCUT2D eigenvalue weighted by Gasteiger charge is 2.50. The van der Waals surface area contributed by atoms with Gasteiger partial charge in [0, 0.05) is 0 Å². The van der Waals surface area contributed by atoms with Crippen molar-refractivity contribution >= 4 is 11.9 Å². The van der Waals surface area contributed by atoms with Crippen LogP contribution in [0, 0.1) is 11.3 Å². The first kappa shape index (κ1) is 24.4. The molecule has 0 fully saturated rings. The molecule has 30 heavy (non-hydrogen) atoms. The highest BCUT2D eigenvalue weighted by atomic mass is 16.5. The number of carboxylic acid groups (broad SMARTS) is 1. The van der Waals surface area contributed by atoms with E-state index >= 15 is 0 Å². The minimum Gasteiger partial charge on any atom is -0.480 e. The van der Waals surface area contributed by atoms with Crippen molar-refractivity contribution < 1.29 is 19.4 Å². The van der Waals surface area contributed by atoms with Gasteiger partial charge in [-0.1, -0.05) is 64.2 Å². The largest absolute Gasteiger partial charge is 0.480 e. The number of rotatable bonds is 12. The van der Waals surface area contributed by atoms with Crippen LogP contribution in [0.4, 0.5) is 0 Å². The van der Waals surface area contributed by atoms with Gasteiger partial charge in [-0.05, 0) is 75.0 Å². The van der Waals surface area contributed by atoms with E-state index in [4.69, 9.17) is 4.74 Å². The van der Waals surface area contributed by atoms with E-state index in [2.05, 4.69) is 25.1 Å². The summed E-state index contributed by atoms with van der Waals surface area (Å²) in [6.45, 7) is 7.52. The predicted octanol–water partition coefficient (Wildman–Crippen LogP) is 6.13. The number of unbranched alkanes of at least 4 members (excludes halogenated alkanes) is 5. The van der Waals surface area contributed by atoms with Gasteiger partial charge < -0.3 is 9.84 Å². The van der Waals surface area contributed by atoms with Gasteiger partial charge in [0.25, 0.3) is 0 Å². The van der Waals surface area contributed by atoms with Crippen LogP contribution in [0.1, 0.15) is 95.8 Å². The number of ether oxygens (including phenoxy) is 1. The van der Waals surface area contributed by atoms with E-state index < -0.39 is 17.4 Å². The second kappa shape index (κ2) is 11.5. The average molecular weight is 417 g/mol. The van der Waals surface area contributed by atoms with Crippen molar-refractivity contribution in [1.82, 2.24) is 0 Å². The molecule has 1 aliphatic rings. The summed E-state index contributed by atoms with van der Waals surface area (Å²) >= 11 is 0. The van der Waals surface area contributed by atoms with Crippen molar-refractivity contribution in [3.8, 4) is 0 Å². The zero-order valence-corrected chi connectivity index (χ0v) is 19.3. The second-order valence-electron chi connectivity index (χ2n) is 9.19. The SMILES string of the molecule is CCCCCCCCc1ccc2c(c1)CCC(C(C)(C(=O)O)C(=O)OC(C)CC)C2. The molecule has 0 saturated carbocycles. The van der Waals surface area contributed by atoms with Gasteiger partial charge in [0.1, 0.15) is 0 Å². The first-order valence-corrected chi connectivity index (χ1v) is 11.9. The number of aryl methyl sites for hydroxylation is 2. The van der Waals surface area contributed by atoms with E-state index in [1.807, 2.05) is 13.8 Å². The minimum atomic E-state index is -1.50. The number of fused-ring (bicyclic) bond motifs is 1. The molecule has 1 aromatic rings. The molecule has 0 bridgehead atoms. The van der Waals surface area contributed by atoms with Gasteiger partial charge in [0.2, 0.25) is 0 Å². The average Bonchev–Trinajstić information content (AvgIpc) is 2.74. The Morgan fingerprint density at radius 2 is 1.83 bits per heavy atom. The van der Waals surface area contributed by atoms with Gasteiger partial charge >= 0.3 is 11.9 Å². The number of carboxylic acids is 1. The third-order valence-corrected chi connectivity index (χ3v) is 6.89. The fourth-order valence-electron chi connectivity index (χ4n) is 4.38. The molecule has 0 aliphatic heterocycles. The minimum absolute atomic E-state index is 0.247. The monoisotopic (exact) mass is 416 g/mol. The fraction of sp³-hybridized carbons (Fsp3) is 0.692. The van der Waals surface area contributed by atoms with Crippen molar-refractivity contribution in [1.29, 1.82) is 0 Å². The Hall–Kier alpha value is -1.84. The highest BCUT2D eigenvalue weighted by molar-refractivity contribution is 5.99. The topological polar surface area (TPSA) is 63.6 Å². The smallest absolute Gasteiger partial charge is 0.323 e. The Morgan fingerprint density at radius 1 is 1.13 bits per heavy atom. The van der Waals surface area contributed by atoms with Crippen molar-refractivity contribution in [3.63, 3.8) is 0 Å². The van der Waals surface area contributed by atoms with Gasteiger partial charge in [0.05, 0.1) is 6.10 Å². The summed E-state index contributed by atoms with van der Waals surface area (Å²) in [5.74, 6) is -1.93. The quantitative estimate of drug-likeness (QED) is 0.253. The Kier molecular flexibility index (Phi) is 9.38. The van der Waals surface area contributed by atoms with E-state index in [1.54, 1.807) is 6.92 Å². The highest BCUT2D eigenvalue weighted by Crippen LogP contribution is 2.40. The van der Waals surface area contributed by atoms with Gasteiger partial charge in [0.15, 0.2) is 5.41 Å². The van der Waals surface area contributed by atoms with E-state index in [-0.39, 0.29) is 12.0 Å². The standard InChI is InChI=1S/C26H40O4/c1-5-7-8-9-10-11-12-20-13-14-22-18-23(16-15-21(22)17-20)26(4,24(27)28)25(29)30-19(3)6-2/h13-14,17,19,23H,5-12,15-16,18H2,1-4H3,(H,27,28). The van der Waals surface area contributed by atoms with Crippen LogP contribution in [0.25, 0.3) is 0 Å². The van der Waals surface area contributed by atoms with Crippen molar-refractivity contribution in [2.75, 3.05) is 0 Å². The molecule has 4 heteroatoms. The lowest BCUT2D eigenvalue weighted by atomic mass is 9.68. The third-order valence-electron chi connectivity index (χ3n) is 6.89. The molecule has 1 aliphatic carbocycles. The van der Waals surface area contributed by atoms with E-state index in [9.17, 15) is 14.7 Å². The molecule has 3 unspecified atom stereocenters. The van der Waals surface area contributed by atoms with Crippen molar-refractivity contribution in [2.24, 2.45) is 11.3 Å². The van der Waals surface area contributed by atoms with E-state index in [0.717, 1.165) is 12.8 Å². The molecular formula is C26H40O4. The Bertz CT molecular complexity index is 711. The van der Waals surface area contributed by atoms with Crippen LogP contribution >= 0.6 is 0 Å². The lowest BCUT2D eigenvalue weighted by Gasteiger charge is -2.36. The molecule has 4 nitrogen and oxygen atoms in total. The van der Waals surface area contributed by atoms with Crippen LogP contribution in [0.15, 0.2) is 18.2 Å². The number of esters is 1. The van der Waals surface area contributed by atoms with E-state index in [1.165, 1.54) is 55.2 Å².